The molecular weight excluding hydrogens is 316 g/mol. The van der Waals surface area contributed by atoms with Crippen LogP contribution < -0.4 is 15.4 Å². The standard InChI is InChI=1S/C20H22N2O3/c1-3-25-18-7-5-4-6-16(18)10-13-19(23)22-17-11-8-15(9-12-17)14-20(24)21-2/h4-13H,3,14H2,1-2H3,(H,21,24)(H,22,23)/b13-10+. The highest BCUT2D eigenvalue weighted by atomic mass is 16.5. The van der Waals surface area contributed by atoms with Gasteiger partial charge in [0.2, 0.25) is 11.8 Å². The third kappa shape index (κ3) is 5.80. The quantitative estimate of drug-likeness (QED) is 0.763. The maximum absolute atomic E-state index is 12.1. The third-order valence-electron chi connectivity index (χ3n) is 3.50. The fourth-order valence-corrected chi connectivity index (χ4v) is 2.23. The summed E-state index contributed by atoms with van der Waals surface area (Å²) in [5.41, 5.74) is 2.41. The molecule has 2 amide bonds. The van der Waals surface area contributed by atoms with Crippen molar-refractivity contribution in [3.8, 4) is 5.75 Å². The Balaban J connectivity index is 1.97. The number of carbonyl (C=O) groups is 2. The van der Waals surface area contributed by atoms with Gasteiger partial charge in [-0.15, -0.1) is 0 Å². The van der Waals surface area contributed by atoms with Crippen LogP contribution in [0.2, 0.25) is 0 Å². The molecule has 0 radical (unpaired) electrons. The second kappa shape index (κ2) is 9.27. The first kappa shape index (κ1) is 18.3. The molecule has 5 nitrogen and oxygen atoms in total. The molecule has 0 saturated carbocycles. The highest BCUT2D eigenvalue weighted by molar-refractivity contribution is 6.02. The Labute approximate surface area is 147 Å². The Kier molecular flexibility index (Phi) is 6.77. The minimum Gasteiger partial charge on any atom is -0.493 e. The van der Waals surface area contributed by atoms with Gasteiger partial charge in [-0.1, -0.05) is 30.3 Å². The normalized spacial score (nSPS) is 10.5. The van der Waals surface area contributed by atoms with E-state index in [1.54, 1.807) is 25.3 Å². The first-order chi connectivity index (χ1) is 12.1. The topological polar surface area (TPSA) is 67.4 Å². The van der Waals surface area contributed by atoms with Gasteiger partial charge in [0.25, 0.3) is 0 Å². The van der Waals surface area contributed by atoms with Crippen LogP contribution in [-0.2, 0) is 16.0 Å². The predicted octanol–water partition coefficient (Wildman–Crippen LogP) is 3.03. The summed E-state index contributed by atoms with van der Waals surface area (Å²) in [7, 11) is 1.60. The van der Waals surface area contributed by atoms with Crippen molar-refractivity contribution in [3.05, 3.63) is 65.7 Å². The van der Waals surface area contributed by atoms with Crippen molar-refractivity contribution < 1.29 is 14.3 Å². The van der Waals surface area contributed by atoms with E-state index in [0.29, 0.717) is 18.7 Å². The number of ether oxygens (including phenoxy) is 1. The zero-order valence-corrected chi connectivity index (χ0v) is 14.4. The van der Waals surface area contributed by atoms with E-state index < -0.39 is 0 Å². The fraction of sp³-hybridized carbons (Fsp3) is 0.200. The van der Waals surface area contributed by atoms with E-state index in [1.165, 1.54) is 6.08 Å². The molecule has 0 unspecified atom stereocenters. The van der Waals surface area contributed by atoms with Crippen molar-refractivity contribution >= 4 is 23.6 Å². The highest BCUT2D eigenvalue weighted by Crippen LogP contribution is 2.19. The number of rotatable bonds is 7. The molecule has 5 heteroatoms. The van der Waals surface area contributed by atoms with Gasteiger partial charge >= 0.3 is 0 Å². The first-order valence-electron chi connectivity index (χ1n) is 8.12. The lowest BCUT2D eigenvalue weighted by molar-refractivity contribution is -0.120. The smallest absolute Gasteiger partial charge is 0.248 e. The Bertz CT molecular complexity index is 752. The SMILES string of the molecule is CCOc1ccccc1/C=C/C(=O)Nc1ccc(CC(=O)NC)cc1. The van der Waals surface area contributed by atoms with E-state index in [1.807, 2.05) is 43.3 Å². The van der Waals surface area contributed by atoms with Crippen molar-refractivity contribution in [2.45, 2.75) is 13.3 Å². The minimum absolute atomic E-state index is 0.0484. The van der Waals surface area contributed by atoms with Crippen LogP contribution in [0.25, 0.3) is 6.08 Å². The molecule has 0 spiro atoms. The molecule has 0 atom stereocenters. The second-order valence-electron chi connectivity index (χ2n) is 5.34. The van der Waals surface area contributed by atoms with Gasteiger partial charge in [-0.05, 0) is 36.8 Å². The number of nitrogens with one attached hydrogen (secondary N) is 2. The summed E-state index contributed by atoms with van der Waals surface area (Å²) in [6, 6.07) is 14.7. The number of benzene rings is 2. The zero-order valence-electron chi connectivity index (χ0n) is 14.4. The molecule has 0 aliphatic heterocycles. The third-order valence-corrected chi connectivity index (χ3v) is 3.50. The van der Waals surface area contributed by atoms with Crippen LogP contribution >= 0.6 is 0 Å². The minimum atomic E-state index is -0.231. The Morgan fingerprint density at radius 1 is 1.08 bits per heavy atom. The number of carbonyl (C=O) groups excluding carboxylic acids is 2. The van der Waals surface area contributed by atoms with E-state index in [2.05, 4.69) is 10.6 Å². The second-order valence-corrected chi connectivity index (χ2v) is 5.34. The molecule has 0 saturated heterocycles. The van der Waals surface area contributed by atoms with E-state index in [4.69, 9.17) is 4.74 Å². The molecule has 2 aromatic rings. The maximum atomic E-state index is 12.1. The molecule has 0 heterocycles. The van der Waals surface area contributed by atoms with Crippen LogP contribution in [0.4, 0.5) is 5.69 Å². The van der Waals surface area contributed by atoms with E-state index in [-0.39, 0.29) is 11.8 Å². The summed E-state index contributed by atoms with van der Waals surface area (Å²) in [4.78, 5) is 23.4. The van der Waals surface area contributed by atoms with Crippen LogP contribution in [-0.4, -0.2) is 25.5 Å². The number of hydrogen-bond donors (Lipinski definition) is 2. The van der Waals surface area contributed by atoms with Gasteiger partial charge in [0.15, 0.2) is 0 Å². The predicted molar refractivity (Wildman–Crippen MR) is 99.5 cm³/mol. The maximum Gasteiger partial charge on any atom is 0.248 e. The number of para-hydroxylation sites is 1. The Morgan fingerprint density at radius 2 is 1.80 bits per heavy atom. The average Bonchev–Trinajstić information content (AvgIpc) is 2.63. The van der Waals surface area contributed by atoms with Gasteiger partial charge in [-0.2, -0.15) is 0 Å². The molecule has 0 aliphatic carbocycles. The lowest BCUT2D eigenvalue weighted by Crippen LogP contribution is -2.19. The van der Waals surface area contributed by atoms with Crippen LogP contribution in [0.1, 0.15) is 18.1 Å². The molecule has 0 aliphatic rings. The van der Waals surface area contributed by atoms with Crippen molar-refractivity contribution in [2.75, 3.05) is 19.0 Å². The van der Waals surface area contributed by atoms with Crippen molar-refractivity contribution in [1.29, 1.82) is 0 Å². The molecule has 2 N–H and O–H groups in total. The van der Waals surface area contributed by atoms with E-state index >= 15 is 0 Å². The molecule has 0 fully saturated rings. The number of hydrogen-bond acceptors (Lipinski definition) is 3. The monoisotopic (exact) mass is 338 g/mol. The number of amides is 2. The van der Waals surface area contributed by atoms with Crippen LogP contribution in [0.15, 0.2) is 54.6 Å². The number of likely N-dealkylation sites (N-methyl/N-ethyl adjacent to an activating group) is 1. The highest BCUT2D eigenvalue weighted by Gasteiger charge is 2.03. The molecule has 0 aromatic heterocycles. The van der Waals surface area contributed by atoms with E-state index in [9.17, 15) is 9.59 Å². The fourth-order valence-electron chi connectivity index (χ4n) is 2.23. The molecule has 130 valence electrons. The van der Waals surface area contributed by atoms with Gasteiger partial charge < -0.3 is 15.4 Å². The summed E-state index contributed by atoms with van der Waals surface area (Å²) in [5.74, 6) is 0.464. The Morgan fingerprint density at radius 3 is 2.48 bits per heavy atom. The van der Waals surface area contributed by atoms with Crippen LogP contribution in [0, 0.1) is 0 Å². The van der Waals surface area contributed by atoms with E-state index in [0.717, 1.165) is 16.9 Å². The summed E-state index contributed by atoms with van der Waals surface area (Å²) in [6.07, 6.45) is 3.51. The molecule has 0 bridgehead atoms. The lowest BCUT2D eigenvalue weighted by atomic mass is 10.1. The van der Waals surface area contributed by atoms with Crippen LogP contribution in [0.3, 0.4) is 0 Å². The summed E-state index contributed by atoms with van der Waals surface area (Å²) in [5, 5.41) is 5.37. The van der Waals surface area contributed by atoms with Crippen LogP contribution in [0.5, 0.6) is 5.75 Å². The largest absolute Gasteiger partial charge is 0.493 e. The van der Waals surface area contributed by atoms with Crippen molar-refractivity contribution in [2.24, 2.45) is 0 Å². The van der Waals surface area contributed by atoms with Gasteiger partial charge in [-0.25, -0.2) is 0 Å². The van der Waals surface area contributed by atoms with Gasteiger partial charge in [0.05, 0.1) is 13.0 Å². The number of anilines is 1. The van der Waals surface area contributed by atoms with Crippen molar-refractivity contribution in [1.82, 2.24) is 5.32 Å². The lowest BCUT2D eigenvalue weighted by Gasteiger charge is -2.07. The Hall–Kier alpha value is -3.08. The van der Waals surface area contributed by atoms with Crippen molar-refractivity contribution in [3.63, 3.8) is 0 Å². The summed E-state index contributed by atoms with van der Waals surface area (Å²) >= 11 is 0. The van der Waals surface area contributed by atoms with Gasteiger partial charge in [0.1, 0.15) is 5.75 Å². The summed E-state index contributed by atoms with van der Waals surface area (Å²) in [6.45, 7) is 2.49. The zero-order chi connectivity index (χ0) is 18.1. The first-order valence-corrected chi connectivity index (χ1v) is 8.12. The molecule has 2 aromatic carbocycles. The summed E-state index contributed by atoms with van der Waals surface area (Å²) < 4.78 is 5.53. The molecular formula is C20H22N2O3. The van der Waals surface area contributed by atoms with Gasteiger partial charge in [-0.3, -0.25) is 9.59 Å². The average molecular weight is 338 g/mol. The van der Waals surface area contributed by atoms with Gasteiger partial charge in [0, 0.05) is 24.4 Å². The molecule has 25 heavy (non-hydrogen) atoms. The molecule has 2 rings (SSSR count).